The Bertz CT molecular complexity index is 265. The van der Waals surface area contributed by atoms with Crippen molar-refractivity contribution < 1.29 is 9.47 Å². The molecule has 1 saturated heterocycles. The highest BCUT2D eigenvalue weighted by Gasteiger charge is 2.32. The lowest BCUT2D eigenvalue weighted by Gasteiger charge is -2.37. The molecule has 0 aromatic heterocycles. The molecular weight excluding hydrogens is 164 g/mol. The third-order valence-electron chi connectivity index (χ3n) is 2.39. The van der Waals surface area contributed by atoms with Gasteiger partial charge in [-0.2, -0.15) is 0 Å². The van der Waals surface area contributed by atoms with Gasteiger partial charge in [-0.3, -0.25) is 0 Å². The molecule has 1 aromatic carbocycles. The summed E-state index contributed by atoms with van der Waals surface area (Å²) in [5.74, 6) is 0.317. The lowest BCUT2D eigenvalue weighted by Crippen LogP contribution is -2.42. The van der Waals surface area contributed by atoms with Crippen LogP contribution in [0.1, 0.15) is 25.3 Å². The van der Waals surface area contributed by atoms with E-state index in [1.165, 1.54) is 5.56 Å². The minimum Gasteiger partial charge on any atom is -0.323 e. The van der Waals surface area contributed by atoms with Crippen LogP contribution in [-0.2, 0) is 9.47 Å². The van der Waals surface area contributed by atoms with Crippen molar-refractivity contribution in [2.45, 2.75) is 32.3 Å². The van der Waals surface area contributed by atoms with Crippen molar-refractivity contribution in [1.82, 2.24) is 0 Å². The van der Waals surface area contributed by atoms with Gasteiger partial charge < -0.3 is 9.47 Å². The van der Waals surface area contributed by atoms with Crippen LogP contribution in [0.4, 0.5) is 0 Å². The molecule has 1 aromatic rings. The maximum atomic E-state index is 5.43. The predicted molar refractivity (Wildman–Crippen MR) is 50.3 cm³/mol. The van der Waals surface area contributed by atoms with Gasteiger partial charge >= 0.3 is 0 Å². The summed E-state index contributed by atoms with van der Waals surface area (Å²) in [6.45, 7) is 4.03. The number of rotatable bonds is 2. The smallest absolute Gasteiger partial charge is 0.170 e. The van der Waals surface area contributed by atoms with E-state index < -0.39 is 0 Å². The molecule has 0 spiro atoms. The summed E-state index contributed by atoms with van der Waals surface area (Å²) in [5, 5.41) is 0. The van der Waals surface area contributed by atoms with Crippen LogP contribution in [0.25, 0.3) is 0 Å². The zero-order chi connectivity index (χ0) is 9.26. The highest BCUT2D eigenvalue weighted by Crippen LogP contribution is 2.29. The van der Waals surface area contributed by atoms with Gasteiger partial charge in [0.15, 0.2) is 12.6 Å². The Hall–Kier alpha value is -0.860. The van der Waals surface area contributed by atoms with Crippen LogP contribution in [0.5, 0.6) is 0 Å². The van der Waals surface area contributed by atoms with Gasteiger partial charge in [0, 0.05) is 5.92 Å². The van der Waals surface area contributed by atoms with Crippen LogP contribution in [-0.4, -0.2) is 12.6 Å². The molecule has 0 N–H and O–H groups in total. The van der Waals surface area contributed by atoms with Crippen molar-refractivity contribution in [1.29, 1.82) is 0 Å². The van der Waals surface area contributed by atoms with E-state index in [0.717, 1.165) is 0 Å². The van der Waals surface area contributed by atoms with Gasteiger partial charge in [0.25, 0.3) is 0 Å². The molecule has 1 heterocycles. The van der Waals surface area contributed by atoms with E-state index in [9.17, 15) is 0 Å². The molecular formula is C11H14O2. The van der Waals surface area contributed by atoms with E-state index in [0.29, 0.717) is 5.92 Å². The van der Waals surface area contributed by atoms with Crippen LogP contribution in [0, 0.1) is 0 Å². The zero-order valence-electron chi connectivity index (χ0n) is 7.94. The first kappa shape index (κ1) is 8.73. The van der Waals surface area contributed by atoms with Crippen molar-refractivity contribution in [3.63, 3.8) is 0 Å². The molecule has 2 heteroatoms. The highest BCUT2D eigenvalue weighted by molar-refractivity contribution is 5.19. The minimum atomic E-state index is -0.0580. The molecule has 70 valence electrons. The Morgan fingerprint density at radius 3 is 2.31 bits per heavy atom. The van der Waals surface area contributed by atoms with Crippen LogP contribution in [0.15, 0.2) is 30.3 Å². The number of benzene rings is 1. The molecule has 0 aliphatic carbocycles. The monoisotopic (exact) mass is 178 g/mol. The molecule has 0 bridgehead atoms. The van der Waals surface area contributed by atoms with Crippen molar-refractivity contribution in [2.75, 3.05) is 0 Å². The van der Waals surface area contributed by atoms with Crippen molar-refractivity contribution in [3.05, 3.63) is 35.9 Å². The topological polar surface area (TPSA) is 18.5 Å². The van der Waals surface area contributed by atoms with Gasteiger partial charge in [0.1, 0.15) is 0 Å². The Morgan fingerprint density at radius 2 is 1.77 bits per heavy atom. The largest absolute Gasteiger partial charge is 0.323 e. The van der Waals surface area contributed by atoms with Gasteiger partial charge in [-0.05, 0) is 12.5 Å². The van der Waals surface area contributed by atoms with Gasteiger partial charge in [-0.1, -0.05) is 37.3 Å². The fourth-order valence-corrected chi connectivity index (χ4v) is 1.54. The van der Waals surface area contributed by atoms with Crippen LogP contribution in [0.2, 0.25) is 0 Å². The summed E-state index contributed by atoms with van der Waals surface area (Å²) >= 11 is 0. The van der Waals surface area contributed by atoms with Crippen LogP contribution in [0.3, 0.4) is 0 Å². The molecule has 1 fully saturated rings. The maximum absolute atomic E-state index is 5.43. The fraction of sp³-hybridized carbons (Fsp3) is 0.455. The van der Waals surface area contributed by atoms with Crippen molar-refractivity contribution in [2.24, 2.45) is 0 Å². The average molecular weight is 178 g/mol. The normalized spacial score (nSPS) is 29.4. The predicted octanol–water partition coefficient (Wildman–Crippen LogP) is 2.51. The van der Waals surface area contributed by atoms with E-state index in [4.69, 9.17) is 9.47 Å². The highest BCUT2D eigenvalue weighted by atomic mass is 16.9. The third-order valence-corrected chi connectivity index (χ3v) is 2.39. The van der Waals surface area contributed by atoms with Gasteiger partial charge in [0.2, 0.25) is 0 Å². The average Bonchev–Trinajstić information content (AvgIpc) is 2.13. The van der Waals surface area contributed by atoms with E-state index in [2.05, 4.69) is 19.1 Å². The summed E-state index contributed by atoms with van der Waals surface area (Å²) in [5.41, 5.74) is 1.26. The Balaban J connectivity index is 2.02. The first-order chi connectivity index (χ1) is 6.27. The molecule has 0 amide bonds. The Labute approximate surface area is 78.5 Å². The third kappa shape index (κ3) is 1.74. The molecule has 0 radical (unpaired) electrons. The maximum Gasteiger partial charge on any atom is 0.170 e. The zero-order valence-corrected chi connectivity index (χ0v) is 7.94. The summed E-state index contributed by atoms with van der Waals surface area (Å²) in [6, 6.07) is 10.3. The minimum absolute atomic E-state index is 0.0313. The number of hydrogen-bond donors (Lipinski definition) is 0. The first-order valence-corrected chi connectivity index (χ1v) is 4.63. The number of hydrogen-bond acceptors (Lipinski definition) is 2. The molecule has 2 rings (SSSR count). The fourth-order valence-electron chi connectivity index (χ4n) is 1.54. The van der Waals surface area contributed by atoms with Crippen LogP contribution < -0.4 is 0 Å². The summed E-state index contributed by atoms with van der Waals surface area (Å²) in [6.07, 6.45) is -0.0893. The van der Waals surface area contributed by atoms with Gasteiger partial charge in [0.05, 0.1) is 0 Å². The first-order valence-electron chi connectivity index (χ1n) is 4.63. The van der Waals surface area contributed by atoms with E-state index in [1.54, 1.807) is 0 Å². The molecule has 13 heavy (non-hydrogen) atoms. The van der Waals surface area contributed by atoms with E-state index in [-0.39, 0.29) is 12.6 Å². The number of ether oxygens (including phenoxy) is 2. The molecule has 1 aliphatic rings. The molecule has 2 nitrogen and oxygen atoms in total. The molecule has 1 atom stereocenters. The quantitative estimate of drug-likeness (QED) is 0.692. The SMILES string of the molecule is CC1OC(C(C)c2ccccc2)O1. The lowest BCUT2D eigenvalue weighted by molar-refractivity contribution is -0.381. The second kappa shape index (κ2) is 3.48. The molecule has 1 unspecified atom stereocenters. The van der Waals surface area contributed by atoms with Gasteiger partial charge in [-0.25, -0.2) is 0 Å². The van der Waals surface area contributed by atoms with Gasteiger partial charge in [-0.15, -0.1) is 0 Å². The van der Waals surface area contributed by atoms with E-state index in [1.807, 2.05) is 25.1 Å². The summed E-state index contributed by atoms with van der Waals surface area (Å²) in [4.78, 5) is 0. The van der Waals surface area contributed by atoms with Crippen molar-refractivity contribution >= 4 is 0 Å². The summed E-state index contributed by atoms with van der Waals surface area (Å²) < 4.78 is 10.9. The molecule has 1 aliphatic heterocycles. The standard InChI is InChI=1S/C11H14O2/c1-8(11-12-9(2)13-11)10-6-4-3-5-7-10/h3-9,11H,1-2H3. The Morgan fingerprint density at radius 1 is 1.15 bits per heavy atom. The molecule has 0 saturated carbocycles. The second-order valence-corrected chi connectivity index (χ2v) is 3.41. The van der Waals surface area contributed by atoms with Crippen LogP contribution >= 0.6 is 0 Å². The Kier molecular flexibility index (Phi) is 2.34. The van der Waals surface area contributed by atoms with E-state index >= 15 is 0 Å². The second-order valence-electron chi connectivity index (χ2n) is 3.41. The lowest BCUT2D eigenvalue weighted by atomic mass is 10.0. The summed E-state index contributed by atoms with van der Waals surface area (Å²) in [7, 11) is 0. The van der Waals surface area contributed by atoms with Crippen molar-refractivity contribution in [3.8, 4) is 0 Å².